The maximum Gasteiger partial charge on any atom is 0.120 e. The molecule has 1 aromatic heterocycles. The highest BCUT2D eigenvalue weighted by atomic mass is 35.5. The number of aromatic nitrogens is 1. The lowest BCUT2D eigenvalue weighted by atomic mass is 10.2. The first-order valence-corrected chi connectivity index (χ1v) is 6.50. The molecule has 0 amide bonds. The summed E-state index contributed by atoms with van der Waals surface area (Å²) in [5.74, 6) is 0.261. The van der Waals surface area contributed by atoms with Crippen LogP contribution in [0.5, 0.6) is 5.75 Å². The second kappa shape index (κ2) is 5.49. The Bertz CT molecular complexity index is 513. The monoisotopic (exact) mass is 268 g/mol. The van der Waals surface area contributed by atoms with Crippen LogP contribution in [0.2, 0.25) is 5.02 Å². The lowest BCUT2D eigenvalue weighted by Gasteiger charge is -2.06. The number of hydrogen-bond donors (Lipinski definition) is 2. The van der Waals surface area contributed by atoms with Crippen LogP contribution >= 0.6 is 22.9 Å². The van der Waals surface area contributed by atoms with Crippen molar-refractivity contribution in [2.45, 2.75) is 20.0 Å². The molecule has 1 aromatic carbocycles. The van der Waals surface area contributed by atoms with Crippen LogP contribution in [0, 0.1) is 6.92 Å². The Hall–Kier alpha value is -1.10. The van der Waals surface area contributed by atoms with Gasteiger partial charge in [0.05, 0.1) is 10.7 Å². The molecule has 0 aliphatic heterocycles. The van der Waals surface area contributed by atoms with Gasteiger partial charge in [0.2, 0.25) is 0 Å². The number of rotatable bonds is 4. The zero-order valence-electron chi connectivity index (χ0n) is 9.40. The minimum Gasteiger partial charge on any atom is -0.508 e. The molecular formula is C12H13ClN2OS. The van der Waals surface area contributed by atoms with E-state index in [0.29, 0.717) is 18.1 Å². The molecule has 2 aromatic rings. The van der Waals surface area contributed by atoms with Crippen LogP contribution in [0.25, 0.3) is 0 Å². The topological polar surface area (TPSA) is 45.2 Å². The summed E-state index contributed by atoms with van der Waals surface area (Å²) in [4.78, 5) is 4.35. The van der Waals surface area contributed by atoms with Crippen LogP contribution < -0.4 is 5.32 Å². The number of nitrogens with one attached hydrogen (secondary N) is 1. The average Bonchev–Trinajstić information content (AvgIpc) is 2.69. The first-order chi connectivity index (χ1) is 8.15. The predicted octanol–water partition coefficient (Wildman–Crippen LogP) is 3.10. The number of benzene rings is 1. The van der Waals surface area contributed by atoms with E-state index in [-0.39, 0.29) is 5.75 Å². The molecule has 0 spiro atoms. The van der Waals surface area contributed by atoms with E-state index in [2.05, 4.69) is 10.3 Å². The first-order valence-electron chi connectivity index (χ1n) is 5.24. The molecule has 0 aliphatic carbocycles. The number of halogens is 1. The Kier molecular flexibility index (Phi) is 3.99. The van der Waals surface area contributed by atoms with Crippen molar-refractivity contribution in [2.24, 2.45) is 0 Å². The van der Waals surface area contributed by atoms with Gasteiger partial charge in [-0.15, -0.1) is 11.3 Å². The SMILES string of the molecule is Cc1nc(CNCc2cc(Cl)ccc2O)cs1. The van der Waals surface area contributed by atoms with Crippen LogP contribution in [0.4, 0.5) is 0 Å². The molecule has 2 rings (SSSR count). The Morgan fingerprint density at radius 3 is 2.94 bits per heavy atom. The van der Waals surface area contributed by atoms with Gasteiger partial charge in [0.1, 0.15) is 5.75 Å². The van der Waals surface area contributed by atoms with E-state index < -0.39 is 0 Å². The third-order valence-electron chi connectivity index (χ3n) is 2.33. The zero-order valence-corrected chi connectivity index (χ0v) is 11.0. The summed E-state index contributed by atoms with van der Waals surface area (Å²) in [7, 11) is 0. The van der Waals surface area contributed by atoms with Crippen molar-refractivity contribution in [1.82, 2.24) is 10.3 Å². The molecule has 17 heavy (non-hydrogen) atoms. The quantitative estimate of drug-likeness (QED) is 0.896. The normalized spacial score (nSPS) is 10.7. The molecule has 0 fully saturated rings. The Labute approximate surface area is 109 Å². The van der Waals surface area contributed by atoms with Crippen molar-refractivity contribution >= 4 is 22.9 Å². The standard InChI is InChI=1S/C12H13ClN2OS/c1-8-15-11(7-17-8)6-14-5-9-4-10(13)2-3-12(9)16/h2-4,7,14,16H,5-6H2,1H3. The first kappa shape index (κ1) is 12.4. The molecule has 5 heteroatoms. The second-order valence-corrected chi connectivity index (χ2v) is 5.23. The molecule has 1 heterocycles. The van der Waals surface area contributed by atoms with E-state index in [9.17, 15) is 5.11 Å². The summed E-state index contributed by atoms with van der Waals surface area (Å²) in [6.45, 7) is 3.25. The third kappa shape index (κ3) is 3.43. The minimum atomic E-state index is 0.261. The number of thiazole rings is 1. The molecule has 3 nitrogen and oxygen atoms in total. The maximum atomic E-state index is 9.62. The van der Waals surface area contributed by atoms with Crippen LogP contribution in [0.1, 0.15) is 16.3 Å². The van der Waals surface area contributed by atoms with Crippen LogP contribution in [0.3, 0.4) is 0 Å². The zero-order chi connectivity index (χ0) is 12.3. The molecule has 2 N–H and O–H groups in total. The van der Waals surface area contributed by atoms with Crippen LogP contribution in [0.15, 0.2) is 23.6 Å². The fraction of sp³-hybridized carbons (Fsp3) is 0.250. The number of aromatic hydroxyl groups is 1. The molecule has 0 saturated heterocycles. The highest BCUT2D eigenvalue weighted by Gasteiger charge is 2.02. The second-order valence-electron chi connectivity index (χ2n) is 3.73. The van der Waals surface area contributed by atoms with Crippen molar-refractivity contribution in [2.75, 3.05) is 0 Å². The maximum absolute atomic E-state index is 9.62. The summed E-state index contributed by atoms with van der Waals surface area (Å²) in [5, 5.41) is 16.6. The van der Waals surface area contributed by atoms with Crippen molar-refractivity contribution in [3.05, 3.63) is 44.9 Å². The Balaban J connectivity index is 1.91. The van der Waals surface area contributed by atoms with E-state index >= 15 is 0 Å². The van der Waals surface area contributed by atoms with Gasteiger partial charge in [-0.2, -0.15) is 0 Å². The van der Waals surface area contributed by atoms with E-state index in [0.717, 1.165) is 16.3 Å². The van der Waals surface area contributed by atoms with Crippen molar-refractivity contribution in [3.63, 3.8) is 0 Å². The molecule has 0 radical (unpaired) electrons. The molecule has 0 bridgehead atoms. The fourth-order valence-electron chi connectivity index (χ4n) is 1.51. The van der Waals surface area contributed by atoms with Crippen molar-refractivity contribution < 1.29 is 5.11 Å². The minimum absolute atomic E-state index is 0.261. The van der Waals surface area contributed by atoms with Gasteiger partial charge in [-0.1, -0.05) is 11.6 Å². The van der Waals surface area contributed by atoms with Gasteiger partial charge in [-0.25, -0.2) is 4.98 Å². The number of nitrogens with zero attached hydrogens (tertiary/aromatic N) is 1. The van der Waals surface area contributed by atoms with E-state index in [4.69, 9.17) is 11.6 Å². The van der Waals surface area contributed by atoms with Gasteiger partial charge in [0.15, 0.2) is 0 Å². The van der Waals surface area contributed by atoms with Crippen LogP contribution in [-0.2, 0) is 13.1 Å². The molecule has 0 atom stereocenters. The van der Waals surface area contributed by atoms with Gasteiger partial charge in [0.25, 0.3) is 0 Å². The largest absolute Gasteiger partial charge is 0.508 e. The lowest BCUT2D eigenvalue weighted by Crippen LogP contribution is -2.13. The van der Waals surface area contributed by atoms with Gasteiger partial charge in [-0.05, 0) is 25.1 Å². The highest BCUT2D eigenvalue weighted by Crippen LogP contribution is 2.21. The average molecular weight is 269 g/mol. The summed E-state index contributed by atoms with van der Waals surface area (Å²) in [6.07, 6.45) is 0. The van der Waals surface area contributed by atoms with Gasteiger partial charge in [-0.3, -0.25) is 0 Å². The fourth-order valence-corrected chi connectivity index (χ4v) is 2.32. The lowest BCUT2D eigenvalue weighted by molar-refractivity contribution is 0.464. The molecule has 0 aliphatic rings. The smallest absolute Gasteiger partial charge is 0.120 e. The van der Waals surface area contributed by atoms with E-state index in [1.165, 1.54) is 0 Å². The third-order valence-corrected chi connectivity index (χ3v) is 3.39. The summed E-state index contributed by atoms with van der Waals surface area (Å²) < 4.78 is 0. The van der Waals surface area contributed by atoms with Gasteiger partial charge < -0.3 is 10.4 Å². The highest BCUT2D eigenvalue weighted by molar-refractivity contribution is 7.09. The van der Waals surface area contributed by atoms with Crippen molar-refractivity contribution in [3.8, 4) is 5.75 Å². The van der Waals surface area contributed by atoms with Gasteiger partial charge >= 0.3 is 0 Å². The van der Waals surface area contributed by atoms with Crippen molar-refractivity contribution in [1.29, 1.82) is 0 Å². The summed E-state index contributed by atoms with van der Waals surface area (Å²) >= 11 is 7.50. The van der Waals surface area contributed by atoms with Crippen LogP contribution in [-0.4, -0.2) is 10.1 Å². The molecular weight excluding hydrogens is 256 g/mol. The predicted molar refractivity (Wildman–Crippen MR) is 70.5 cm³/mol. The summed E-state index contributed by atoms with van der Waals surface area (Å²) in [6, 6.07) is 5.03. The number of phenolic OH excluding ortho intramolecular Hbond substituents is 1. The Morgan fingerprint density at radius 1 is 1.41 bits per heavy atom. The molecule has 90 valence electrons. The molecule has 0 unspecified atom stereocenters. The Morgan fingerprint density at radius 2 is 2.24 bits per heavy atom. The van der Waals surface area contributed by atoms with E-state index in [1.54, 1.807) is 29.5 Å². The number of aryl methyl sites for hydroxylation is 1. The van der Waals surface area contributed by atoms with Gasteiger partial charge in [0, 0.05) is 29.1 Å². The number of hydrogen-bond acceptors (Lipinski definition) is 4. The molecule has 0 saturated carbocycles. The van der Waals surface area contributed by atoms with E-state index in [1.807, 2.05) is 12.3 Å². The number of phenols is 1. The summed E-state index contributed by atoms with van der Waals surface area (Å²) in [5.41, 5.74) is 1.82.